The lowest BCUT2D eigenvalue weighted by molar-refractivity contribution is -0.142. The summed E-state index contributed by atoms with van der Waals surface area (Å²) >= 11 is 1.24. The van der Waals surface area contributed by atoms with Crippen molar-refractivity contribution in [3.63, 3.8) is 0 Å². The molecule has 144 valence electrons. The van der Waals surface area contributed by atoms with E-state index >= 15 is 0 Å². The summed E-state index contributed by atoms with van der Waals surface area (Å²) in [6, 6.07) is 6.13. The summed E-state index contributed by atoms with van der Waals surface area (Å²) in [5.74, 6) is -0.980. The second-order valence-corrected chi connectivity index (χ2v) is 7.14. The van der Waals surface area contributed by atoms with Crippen molar-refractivity contribution in [3.8, 4) is 0 Å². The van der Waals surface area contributed by atoms with Gasteiger partial charge in [0.05, 0.1) is 24.1 Å². The van der Waals surface area contributed by atoms with E-state index in [1.54, 1.807) is 24.4 Å². The van der Waals surface area contributed by atoms with Gasteiger partial charge in [-0.2, -0.15) is 0 Å². The first kappa shape index (κ1) is 19.4. The monoisotopic (exact) mass is 392 g/mol. The van der Waals surface area contributed by atoms with Gasteiger partial charge in [-0.1, -0.05) is 12.1 Å². The number of nitrogens with zero attached hydrogens (tertiary/aromatic N) is 1. The highest BCUT2D eigenvalue weighted by atomic mass is 32.1. The van der Waals surface area contributed by atoms with Gasteiger partial charge in [0.15, 0.2) is 5.13 Å². The minimum Gasteiger partial charge on any atom is -0.466 e. The van der Waals surface area contributed by atoms with Gasteiger partial charge in [-0.25, -0.2) is 9.37 Å². The number of amides is 1. The molecule has 0 bridgehead atoms. The quantitative estimate of drug-likeness (QED) is 0.765. The highest BCUT2D eigenvalue weighted by Gasteiger charge is 2.42. The molecular formula is C19H21FN2O4S. The molecule has 1 amide bonds. The van der Waals surface area contributed by atoms with E-state index in [1.165, 1.54) is 23.5 Å². The Morgan fingerprint density at radius 2 is 2.15 bits per heavy atom. The number of benzene rings is 1. The molecule has 8 heteroatoms. The van der Waals surface area contributed by atoms with Crippen molar-refractivity contribution in [1.29, 1.82) is 0 Å². The zero-order valence-electron chi connectivity index (χ0n) is 15.0. The number of nitrogens with one attached hydrogen (secondary N) is 1. The fourth-order valence-electron chi connectivity index (χ4n) is 3.18. The van der Waals surface area contributed by atoms with E-state index < -0.39 is 5.41 Å². The molecule has 2 aromatic rings. The highest BCUT2D eigenvalue weighted by Crippen LogP contribution is 2.36. The number of hydrogen-bond acceptors (Lipinski definition) is 6. The van der Waals surface area contributed by atoms with Crippen LogP contribution < -0.4 is 5.32 Å². The molecule has 1 aromatic heterocycles. The van der Waals surface area contributed by atoms with Gasteiger partial charge in [-0.15, -0.1) is 11.3 Å². The highest BCUT2D eigenvalue weighted by molar-refractivity contribution is 7.14. The molecule has 0 radical (unpaired) electrons. The molecule has 0 saturated carbocycles. The average molecular weight is 392 g/mol. The van der Waals surface area contributed by atoms with E-state index in [1.807, 2.05) is 0 Å². The SMILES string of the molecule is CCOC(=O)Cc1csc(NC(=O)C2(c3cccc(F)c3)CCOCC2)n1. The third kappa shape index (κ3) is 4.51. The molecular weight excluding hydrogens is 371 g/mol. The molecule has 1 saturated heterocycles. The summed E-state index contributed by atoms with van der Waals surface area (Å²) in [7, 11) is 0. The van der Waals surface area contributed by atoms with Crippen molar-refractivity contribution in [3.05, 3.63) is 46.7 Å². The Kier molecular flexibility index (Phi) is 6.18. The largest absolute Gasteiger partial charge is 0.466 e. The minimum atomic E-state index is -0.868. The van der Waals surface area contributed by atoms with E-state index in [4.69, 9.17) is 9.47 Å². The number of halogens is 1. The standard InChI is InChI=1S/C19H21FN2O4S/c1-2-26-16(23)11-15-12-27-18(21-15)22-17(24)19(6-8-25-9-7-19)13-4-3-5-14(20)10-13/h3-5,10,12H,2,6-9,11H2,1H3,(H,21,22,24). The molecule has 1 N–H and O–H groups in total. The van der Waals surface area contributed by atoms with Crippen LogP contribution in [0.1, 0.15) is 31.0 Å². The molecule has 1 fully saturated rings. The van der Waals surface area contributed by atoms with Crippen LogP contribution in [0.25, 0.3) is 0 Å². The molecule has 0 atom stereocenters. The van der Waals surface area contributed by atoms with Gasteiger partial charge >= 0.3 is 5.97 Å². The number of carbonyl (C=O) groups excluding carboxylic acids is 2. The normalized spacial score (nSPS) is 15.9. The molecule has 27 heavy (non-hydrogen) atoms. The zero-order valence-corrected chi connectivity index (χ0v) is 15.8. The Morgan fingerprint density at radius 3 is 2.85 bits per heavy atom. The van der Waals surface area contributed by atoms with Crippen LogP contribution in [-0.2, 0) is 30.9 Å². The van der Waals surface area contributed by atoms with Crippen molar-refractivity contribution >= 4 is 28.3 Å². The minimum absolute atomic E-state index is 0.0586. The predicted molar refractivity (Wildman–Crippen MR) is 99.2 cm³/mol. The van der Waals surface area contributed by atoms with Crippen LogP contribution >= 0.6 is 11.3 Å². The maximum Gasteiger partial charge on any atom is 0.311 e. The first-order valence-electron chi connectivity index (χ1n) is 8.79. The van der Waals surface area contributed by atoms with Crippen LogP contribution in [0.3, 0.4) is 0 Å². The fraction of sp³-hybridized carbons (Fsp3) is 0.421. The Labute approximate surface area is 160 Å². The van der Waals surface area contributed by atoms with Crippen LogP contribution in [0.5, 0.6) is 0 Å². The molecule has 1 aliphatic heterocycles. The average Bonchev–Trinajstić information content (AvgIpc) is 3.09. The Hall–Kier alpha value is -2.32. The second kappa shape index (κ2) is 8.58. The summed E-state index contributed by atoms with van der Waals surface area (Å²) in [5, 5.41) is 4.95. The van der Waals surface area contributed by atoms with Crippen LogP contribution in [0.15, 0.2) is 29.6 Å². The van der Waals surface area contributed by atoms with Crippen molar-refractivity contribution in [2.75, 3.05) is 25.1 Å². The van der Waals surface area contributed by atoms with Gasteiger partial charge in [-0.3, -0.25) is 9.59 Å². The summed E-state index contributed by atoms with van der Waals surface area (Å²) in [5.41, 5.74) is 0.306. The zero-order chi connectivity index (χ0) is 19.3. The topological polar surface area (TPSA) is 77.5 Å². The molecule has 0 aliphatic carbocycles. The number of rotatable bonds is 6. The summed E-state index contributed by atoms with van der Waals surface area (Å²) < 4.78 is 24.1. The first-order chi connectivity index (χ1) is 13.0. The third-order valence-corrected chi connectivity index (χ3v) is 5.37. The number of esters is 1. The van der Waals surface area contributed by atoms with Crippen LogP contribution in [-0.4, -0.2) is 36.7 Å². The van der Waals surface area contributed by atoms with Crippen molar-refractivity contribution in [2.45, 2.75) is 31.6 Å². The van der Waals surface area contributed by atoms with Crippen molar-refractivity contribution in [1.82, 2.24) is 4.98 Å². The number of thiazole rings is 1. The lowest BCUT2D eigenvalue weighted by atomic mass is 9.73. The molecule has 6 nitrogen and oxygen atoms in total. The maximum atomic E-state index is 13.8. The third-order valence-electron chi connectivity index (χ3n) is 4.56. The fourth-order valence-corrected chi connectivity index (χ4v) is 3.88. The van der Waals surface area contributed by atoms with E-state index in [-0.39, 0.29) is 24.1 Å². The number of aromatic nitrogens is 1. The Balaban J connectivity index is 1.78. The van der Waals surface area contributed by atoms with Gasteiger partial charge in [-0.05, 0) is 37.5 Å². The predicted octanol–water partition coefficient (Wildman–Crippen LogP) is 3.07. The summed E-state index contributed by atoms with van der Waals surface area (Å²) in [6.07, 6.45) is 0.982. The van der Waals surface area contributed by atoms with Gasteiger partial charge < -0.3 is 14.8 Å². The summed E-state index contributed by atoms with van der Waals surface area (Å²) in [6.45, 7) is 2.90. The van der Waals surface area contributed by atoms with Crippen molar-refractivity contribution in [2.24, 2.45) is 0 Å². The molecule has 2 heterocycles. The lowest BCUT2D eigenvalue weighted by Gasteiger charge is -2.36. The number of hydrogen-bond donors (Lipinski definition) is 1. The smallest absolute Gasteiger partial charge is 0.311 e. The molecule has 3 rings (SSSR count). The molecule has 1 aliphatic rings. The number of ether oxygens (including phenoxy) is 2. The van der Waals surface area contributed by atoms with Gasteiger partial charge in [0.1, 0.15) is 5.82 Å². The lowest BCUT2D eigenvalue weighted by Crippen LogP contribution is -2.44. The van der Waals surface area contributed by atoms with E-state index in [2.05, 4.69) is 10.3 Å². The van der Waals surface area contributed by atoms with E-state index in [0.717, 1.165) is 0 Å². The van der Waals surface area contributed by atoms with Gasteiger partial charge in [0, 0.05) is 18.6 Å². The number of anilines is 1. The maximum absolute atomic E-state index is 13.8. The van der Waals surface area contributed by atoms with Gasteiger partial charge in [0.2, 0.25) is 5.91 Å². The second-order valence-electron chi connectivity index (χ2n) is 6.28. The molecule has 0 spiro atoms. The summed E-state index contributed by atoms with van der Waals surface area (Å²) in [4.78, 5) is 29.0. The van der Waals surface area contributed by atoms with Crippen LogP contribution in [0, 0.1) is 5.82 Å². The van der Waals surface area contributed by atoms with Gasteiger partial charge in [0.25, 0.3) is 0 Å². The molecule has 0 unspecified atom stereocenters. The van der Waals surface area contributed by atoms with Crippen molar-refractivity contribution < 1.29 is 23.5 Å². The van der Waals surface area contributed by atoms with E-state index in [9.17, 15) is 14.0 Å². The number of carbonyl (C=O) groups is 2. The first-order valence-corrected chi connectivity index (χ1v) is 9.67. The molecule has 1 aromatic carbocycles. The van der Waals surface area contributed by atoms with E-state index in [0.29, 0.717) is 49.1 Å². The van der Waals surface area contributed by atoms with Crippen LogP contribution in [0.2, 0.25) is 0 Å². The Morgan fingerprint density at radius 1 is 1.37 bits per heavy atom. The van der Waals surface area contributed by atoms with Crippen LogP contribution in [0.4, 0.5) is 9.52 Å². The Bertz CT molecular complexity index is 818.